The number of alkyl halides is 6. The van der Waals surface area contributed by atoms with E-state index in [0.29, 0.717) is 88.0 Å². The SMILES string of the molecule is COCCN(CCOC)CC[C@@H]1[C@H](C(=O)N2CCc3cc(Cl)ccc3C2)CCCN1C(=O)c1cnccc1C(F)(F)F.COc1csc(C(F)(F)F)c1. The number of carbonyl (C=O) groups excluding carboxylic acids is 2. The van der Waals surface area contributed by atoms with Crippen LogP contribution >= 0.6 is 22.9 Å². The van der Waals surface area contributed by atoms with E-state index in [1.807, 2.05) is 12.1 Å². The maximum Gasteiger partial charge on any atom is 0.425 e. The van der Waals surface area contributed by atoms with Gasteiger partial charge in [-0.25, -0.2) is 0 Å². The van der Waals surface area contributed by atoms with Gasteiger partial charge < -0.3 is 24.0 Å². The van der Waals surface area contributed by atoms with Crippen LogP contribution in [-0.2, 0) is 39.6 Å². The smallest absolute Gasteiger partial charge is 0.425 e. The first-order valence-corrected chi connectivity index (χ1v) is 18.2. The molecular formula is C36H43ClF6N4O5S. The highest BCUT2D eigenvalue weighted by molar-refractivity contribution is 7.10. The van der Waals surface area contributed by atoms with Crippen molar-refractivity contribution in [1.82, 2.24) is 19.7 Å². The molecule has 2 atom stereocenters. The molecule has 0 bridgehead atoms. The number of thiophene rings is 1. The second kappa shape index (κ2) is 19.2. The average Bonchev–Trinajstić information content (AvgIpc) is 3.64. The molecule has 1 saturated heterocycles. The predicted molar refractivity (Wildman–Crippen MR) is 188 cm³/mol. The molecule has 3 aromatic rings. The monoisotopic (exact) mass is 792 g/mol. The first kappa shape index (κ1) is 42.3. The standard InChI is InChI=1S/C30H38ClF3N4O4.C6H5F3OS/c1-41-16-14-36(15-17-42-2)12-9-27-24(28(39)37-13-8-21-18-23(31)6-5-22(21)20-37)4-3-11-38(27)29(40)25-19-35-10-7-26(25)30(32,33)34;1-10-4-2-5(11-3-4)6(7,8)9/h5-7,10,18-19,24,27H,3-4,8-9,11-17,20H2,1-2H3;2-3H,1H3/t24-,27-;/m1./s1. The van der Waals surface area contributed by atoms with E-state index in [2.05, 4.69) is 14.6 Å². The number of fused-ring (bicyclic) bond motifs is 1. The maximum absolute atomic E-state index is 14.1. The van der Waals surface area contributed by atoms with Crippen LogP contribution in [0.3, 0.4) is 0 Å². The molecule has 1 aromatic carbocycles. The summed E-state index contributed by atoms with van der Waals surface area (Å²) in [7, 11) is 4.56. The fraction of sp³-hybridized carbons (Fsp3) is 0.528. The fourth-order valence-electron chi connectivity index (χ4n) is 6.53. The molecule has 0 saturated carbocycles. The third kappa shape index (κ3) is 11.5. The van der Waals surface area contributed by atoms with E-state index >= 15 is 0 Å². The molecule has 2 aliphatic rings. The van der Waals surface area contributed by atoms with Crippen LogP contribution in [0.4, 0.5) is 26.3 Å². The number of piperidine rings is 1. The van der Waals surface area contributed by atoms with Crippen molar-refractivity contribution in [3.05, 3.63) is 80.3 Å². The number of aromatic nitrogens is 1. The molecule has 2 aliphatic heterocycles. The van der Waals surface area contributed by atoms with Crippen LogP contribution in [-0.4, -0.2) is 105 Å². The Hall–Kier alpha value is -3.44. The number of methoxy groups -OCH3 is 3. The van der Waals surface area contributed by atoms with E-state index in [9.17, 15) is 35.9 Å². The number of benzene rings is 1. The Bertz CT molecular complexity index is 1650. The first-order chi connectivity index (χ1) is 25.2. The summed E-state index contributed by atoms with van der Waals surface area (Å²) in [6.07, 6.45) is -4.82. The Morgan fingerprint density at radius 3 is 2.28 bits per heavy atom. The molecule has 1 fully saturated rings. The van der Waals surface area contributed by atoms with Gasteiger partial charge in [0.05, 0.1) is 37.4 Å². The van der Waals surface area contributed by atoms with Crippen LogP contribution < -0.4 is 4.74 Å². The summed E-state index contributed by atoms with van der Waals surface area (Å²) in [6, 6.07) is 6.87. The Morgan fingerprint density at radius 1 is 0.962 bits per heavy atom. The molecule has 53 heavy (non-hydrogen) atoms. The molecular weight excluding hydrogens is 750 g/mol. The number of hydrogen-bond acceptors (Lipinski definition) is 8. The van der Waals surface area contributed by atoms with E-state index in [1.165, 1.54) is 17.4 Å². The van der Waals surface area contributed by atoms with Crippen molar-refractivity contribution in [3.8, 4) is 5.75 Å². The number of nitrogens with zero attached hydrogens (tertiary/aromatic N) is 4. The number of likely N-dealkylation sites (tertiary alicyclic amines) is 1. The summed E-state index contributed by atoms with van der Waals surface area (Å²) < 4.78 is 92.4. The molecule has 0 unspecified atom stereocenters. The number of hydrogen-bond donors (Lipinski definition) is 0. The van der Waals surface area contributed by atoms with Crippen LogP contribution in [0.2, 0.25) is 5.02 Å². The molecule has 2 amide bonds. The lowest BCUT2D eigenvalue weighted by atomic mass is 9.84. The van der Waals surface area contributed by atoms with Crippen molar-refractivity contribution in [2.75, 3.05) is 67.3 Å². The van der Waals surface area contributed by atoms with Crippen LogP contribution in [0.5, 0.6) is 5.75 Å². The molecule has 292 valence electrons. The lowest BCUT2D eigenvalue weighted by molar-refractivity contribution is -0.141. The quantitative estimate of drug-likeness (QED) is 0.178. The summed E-state index contributed by atoms with van der Waals surface area (Å²) in [5.41, 5.74) is 0.604. The highest BCUT2D eigenvalue weighted by Crippen LogP contribution is 2.37. The van der Waals surface area contributed by atoms with Gasteiger partial charge in [0.1, 0.15) is 10.6 Å². The number of halogens is 7. The van der Waals surface area contributed by atoms with Crippen LogP contribution in [0.15, 0.2) is 48.1 Å². The zero-order valence-corrected chi connectivity index (χ0v) is 31.2. The Morgan fingerprint density at radius 2 is 1.68 bits per heavy atom. The highest BCUT2D eigenvalue weighted by Gasteiger charge is 2.43. The largest absolute Gasteiger partial charge is 0.496 e. The second-order valence-electron chi connectivity index (χ2n) is 12.6. The number of amides is 2. The van der Waals surface area contributed by atoms with E-state index in [4.69, 9.17) is 21.1 Å². The van der Waals surface area contributed by atoms with E-state index in [1.54, 1.807) is 25.2 Å². The summed E-state index contributed by atoms with van der Waals surface area (Å²) in [5, 5.41) is 1.97. The van der Waals surface area contributed by atoms with E-state index in [-0.39, 0.29) is 18.2 Å². The predicted octanol–water partition coefficient (Wildman–Crippen LogP) is 7.32. The third-order valence-electron chi connectivity index (χ3n) is 9.26. The van der Waals surface area contributed by atoms with Gasteiger partial charge >= 0.3 is 12.4 Å². The molecule has 0 radical (unpaired) electrons. The van der Waals surface area contributed by atoms with Crippen molar-refractivity contribution in [2.24, 2.45) is 5.92 Å². The Balaban J connectivity index is 0.000000488. The second-order valence-corrected chi connectivity index (χ2v) is 14.0. The third-order valence-corrected chi connectivity index (χ3v) is 10.4. The van der Waals surface area contributed by atoms with Crippen molar-refractivity contribution < 1.29 is 50.1 Å². The Labute approximate surface area is 313 Å². The van der Waals surface area contributed by atoms with E-state index < -0.39 is 46.2 Å². The molecule has 17 heteroatoms. The van der Waals surface area contributed by atoms with Gasteiger partial charge in [-0.3, -0.25) is 19.5 Å². The van der Waals surface area contributed by atoms with Crippen molar-refractivity contribution in [1.29, 1.82) is 0 Å². The molecule has 9 nitrogen and oxygen atoms in total. The number of pyridine rings is 1. The van der Waals surface area contributed by atoms with Crippen LogP contribution in [0.1, 0.15) is 51.2 Å². The molecule has 2 aromatic heterocycles. The van der Waals surface area contributed by atoms with Gasteiger partial charge in [-0.15, -0.1) is 11.3 Å². The number of ether oxygens (including phenoxy) is 3. The van der Waals surface area contributed by atoms with Gasteiger partial charge in [-0.1, -0.05) is 17.7 Å². The van der Waals surface area contributed by atoms with Gasteiger partial charge in [-0.05, 0) is 55.0 Å². The first-order valence-electron chi connectivity index (χ1n) is 17.0. The zero-order valence-electron chi connectivity index (χ0n) is 29.6. The minimum absolute atomic E-state index is 0.0827. The molecule has 5 rings (SSSR count). The van der Waals surface area contributed by atoms with Crippen molar-refractivity contribution in [2.45, 2.75) is 50.6 Å². The highest BCUT2D eigenvalue weighted by atomic mass is 35.5. The van der Waals surface area contributed by atoms with Gasteiger partial charge in [0, 0.05) is 88.4 Å². The minimum atomic E-state index is -4.71. The van der Waals surface area contributed by atoms with Crippen molar-refractivity contribution in [3.63, 3.8) is 0 Å². The lowest BCUT2D eigenvalue weighted by Crippen LogP contribution is -2.55. The minimum Gasteiger partial charge on any atom is -0.496 e. The van der Waals surface area contributed by atoms with Crippen molar-refractivity contribution >= 4 is 34.8 Å². The molecule has 0 aliphatic carbocycles. The molecule has 0 N–H and O–H groups in total. The van der Waals surface area contributed by atoms with Crippen LogP contribution in [0.25, 0.3) is 0 Å². The molecule has 0 spiro atoms. The van der Waals surface area contributed by atoms with Crippen LogP contribution in [0, 0.1) is 5.92 Å². The zero-order chi connectivity index (χ0) is 38.8. The van der Waals surface area contributed by atoms with Gasteiger partial charge in [0.2, 0.25) is 5.91 Å². The lowest BCUT2D eigenvalue weighted by Gasteiger charge is -2.44. The summed E-state index contributed by atoms with van der Waals surface area (Å²) in [5.74, 6) is -1.13. The topological polar surface area (TPSA) is 84.4 Å². The summed E-state index contributed by atoms with van der Waals surface area (Å²) >= 11 is 6.79. The Kier molecular flexibility index (Phi) is 15.4. The molecule has 4 heterocycles. The number of carbonyl (C=O) groups is 2. The van der Waals surface area contributed by atoms with Gasteiger partial charge in [0.15, 0.2) is 0 Å². The van der Waals surface area contributed by atoms with E-state index in [0.717, 1.165) is 35.7 Å². The maximum atomic E-state index is 14.1. The summed E-state index contributed by atoms with van der Waals surface area (Å²) in [4.78, 5) is 36.5. The van der Waals surface area contributed by atoms with Gasteiger partial charge in [0.25, 0.3) is 5.91 Å². The normalized spacial score (nSPS) is 17.6. The fourth-order valence-corrected chi connectivity index (χ4v) is 7.45. The average molecular weight is 793 g/mol. The summed E-state index contributed by atoms with van der Waals surface area (Å²) in [6.45, 7) is 3.93. The van der Waals surface area contributed by atoms with Gasteiger partial charge in [-0.2, -0.15) is 26.3 Å². The number of rotatable bonds is 12.